The van der Waals surface area contributed by atoms with Crippen molar-refractivity contribution in [3.8, 4) is 0 Å². The third-order valence-corrected chi connectivity index (χ3v) is 0. The van der Waals surface area contributed by atoms with Crippen LogP contribution in [0.5, 0.6) is 0 Å². The fraction of sp³-hybridized carbons (Fsp3) is 0. The first-order chi connectivity index (χ1) is 0. The molecule has 4 heavy (non-hydrogen) atoms. The molecule has 0 amide bonds. The molecule has 0 heterocycles. The molecule has 0 atom stereocenters. The van der Waals surface area contributed by atoms with Gasteiger partial charge >= 0.3 is 0 Å². The molecule has 0 saturated carbocycles. The van der Waals surface area contributed by atoms with Gasteiger partial charge in [-0.3, -0.25) is 4.70 Å². The van der Waals surface area contributed by atoms with Crippen molar-refractivity contribution in [3.63, 3.8) is 0 Å². The van der Waals surface area contributed by atoms with Gasteiger partial charge in [0.2, 0.25) is 0 Å². The van der Waals surface area contributed by atoms with Crippen LogP contribution in [-0.4, -0.2) is 55.1 Å². The van der Waals surface area contributed by atoms with Gasteiger partial charge in [0.05, 0.1) is 0 Å². The molecule has 0 aromatic carbocycles. The van der Waals surface area contributed by atoms with E-state index in [-0.39, 0.29) is 76.9 Å². The quantitative estimate of drug-likeness (QED) is 0.396. The van der Waals surface area contributed by atoms with E-state index in [9.17, 15) is 0 Å². The Bertz CT molecular complexity index is 8.00. The molecule has 0 aliphatic heterocycles. The van der Waals surface area contributed by atoms with Crippen molar-refractivity contribution in [2.45, 2.75) is 0 Å². The first-order valence-electron chi connectivity index (χ1n) is 0. The largest absolute Gasteiger partial charge is 0.269 e. The summed E-state index contributed by atoms with van der Waals surface area (Å²) in [6.07, 6.45) is 0. The molecular weight excluding hydrogens is 142 g/mol. The van der Waals surface area contributed by atoms with Gasteiger partial charge in [0.25, 0.3) is 0 Å². The van der Waals surface area contributed by atoms with Crippen molar-refractivity contribution in [1.29, 1.82) is 0 Å². The van der Waals surface area contributed by atoms with Gasteiger partial charge < -0.3 is 0 Å². The van der Waals surface area contributed by atoms with Crippen LogP contribution in [0.4, 0.5) is 4.70 Å². The summed E-state index contributed by atoms with van der Waals surface area (Å²) in [5.41, 5.74) is 0. The molecule has 0 unspecified atom stereocenters. The molecule has 0 aliphatic rings. The van der Waals surface area contributed by atoms with E-state index in [1.165, 1.54) is 0 Å². The second kappa shape index (κ2) is 18.8. The minimum atomic E-state index is 0. The van der Waals surface area contributed by atoms with Crippen LogP contribution >= 0.6 is 0 Å². The number of rotatable bonds is 0. The van der Waals surface area contributed by atoms with Crippen molar-refractivity contribution < 1.29 is 21.8 Å². The summed E-state index contributed by atoms with van der Waals surface area (Å²) in [5.74, 6) is 0. The number of halogens is 1. The van der Waals surface area contributed by atoms with E-state index in [1.807, 2.05) is 0 Å². The summed E-state index contributed by atoms with van der Waals surface area (Å²) in [5, 5.41) is 0. The van der Waals surface area contributed by atoms with E-state index in [2.05, 4.69) is 0 Å². The van der Waals surface area contributed by atoms with Gasteiger partial charge in [-0.1, -0.05) is 0 Å². The SMILES string of the molecule is F.[Al].[Ca].[Fe]. The molecule has 0 aliphatic carbocycles. The summed E-state index contributed by atoms with van der Waals surface area (Å²) < 4.78 is 0. The fourth-order valence-corrected chi connectivity index (χ4v) is 0. The van der Waals surface area contributed by atoms with Crippen LogP contribution in [0.15, 0.2) is 0 Å². The maximum Gasteiger partial charge on any atom is 0 e. The zero-order chi connectivity index (χ0) is 0. The van der Waals surface area contributed by atoms with Crippen molar-refractivity contribution >= 4 is 55.1 Å². The van der Waals surface area contributed by atoms with Gasteiger partial charge in [-0.2, -0.15) is 0 Å². The Morgan fingerprint density at radius 1 is 1.00 bits per heavy atom. The average molecular weight is 143 g/mol. The minimum Gasteiger partial charge on any atom is -0.269 e. The summed E-state index contributed by atoms with van der Waals surface area (Å²) in [6, 6.07) is 0. The Morgan fingerprint density at radius 3 is 1.00 bits per heavy atom. The smallest absolute Gasteiger partial charge is 0 e. The normalized spacial score (nSPS) is 0. The second-order valence-electron chi connectivity index (χ2n) is 0. The zero-order valence-electron chi connectivity index (χ0n) is 2.05. The molecule has 4 heteroatoms. The predicted octanol–water partition coefficient (Wildman–Crippen LogP) is -0.612. The average Bonchev–Trinajstić information content (AvgIpc) is 0. The molecule has 0 aromatic heterocycles. The standard InChI is InChI=1S/Al.Ca.FH.Fe/h;;1H;. The number of hydrogen-bond donors (Lipinski definition) is 0. The van der Waals surface area contributed by atoms with Gasteiger partial charge in [0, 0.05) is 72.2 Å². The van der Waals surface area contributed by atoms with Crippen molar-refractivity contribution in [2.75, 3.05) is 0 Å². The third kappa shape index (κ3) is 8.87. The van der Waals surface area contributed by atoms with Crippen LogP contribution < -0.4 is 0 Å². The molecule has 0 aromatic rings. The van der Waals surface area contributed by atoms with Gasteiger partial charge in [-0.15, -0.1) is 0 Å². The molecule has 0 spiro atoms. The Balaban J connectivity index is 0. The van der Waals surface area contributed by atoms with Gasteiger partial charge in [-0.25, -0.2) is 0 Å². The predicted molar refractivity (Wildman–Crippen MR) is 14.0 cm³/mol. The second-order valence-corrected chi connectivity index (χ2v) is 0. The Hall–Kier alpha value is 2.24. The molecule has 0 rings (SSSR count). The fourth-order valence-electron chi connectivity index (χ4n) is 0. The zero-order valence-corrected chi connectivity index (χ0v) is 6.51. The van der Waals surface area contributed by atoms with Gasteiger partial charge in [0.1, 0.15) is 0 Å². The van der Waals surface area contributed by atoms with E-state index < -0.39 is 0 Å². The van der Waals surface area contributed by atoms with E-state index in [0.29, 0.717) is 0 Å². The Morgan fingerprint density at radius 2 is 1.00 bits per heavy atom. The van der Waals surface area contributed by atoms with Crippen molar-refractivity contribution in [2.24, 2.45) is 0 Å². The molecule has 0 nitrogen and oxygen atoms in total. The molecule has 0 fully saturated rings. The number of hydrogen-bond acceptors (Lipinski definition) is 0. The first-order valence-corrected chi connectivity index (χ1v) is 0. The maximum atomic E-state index is 0. The third-order valence-electron chi connectivity index (χ3n) is 0. The van der Waals surface area contributed by atoms with Crippen molar-refractivity contribution in [1.82, 2.24) is 0 Å². The summed E-state index contributed by atoms with van der Waals surface area (Å²) >= 11 is 0. The monoisotopic (exact) mass is 143 g/mol. The van der Waals surface area contributed by atoms with Gasteiger partial charge in [-0.05, 0) is 0 Å². The van der Waals surface area contributed by atoms with E-state index >= 15 is 0 Å². The van der Waals surface area contributed by atoms with Crippen LogP contribution in [0.2, 0.25) is 0 Å². The Kier molecular flexibility index (Phi) is 160. The minimum absolute atomic E-state index is 0. The topological polar surface area (TPSA) is 0 Å². The molecule has 21 valence electrons. The summed E-state index contributed by atoms with van der Waals surface area (Å²) in [4.78, 5) is 0. The van der Waals surface area contributed by atoms with Crippen LogP contribution in [0, 0.1) is 0 Å². The first kappa shape index (κ1) is 34.1. The van der Waals surface area contributed by atoms with Crippen molar-refractivity contribution in [3.05, 3.63) is 0 Å². The van der Waals surface area contributed by atoms with Crippen LogP contribution in [0.3, 0.4) is 0 Å². The molecule has 0 saturated heterocycles. The summed E-state index contributed by atoms with van der Waals surface area (Å²) in [7, 11) is 0. The molecule has 0 N–H and O–H groups in total. The van der Waals surface area contributed by atoms with E-state index in [4.69, 9.17) is 0 Å². The Labute approximate surface area is 75.7 Å². The molecular formula is HAlCaFFe. The van der Waals surface area contributed by atoms with Gasteiger partial charge in [0.15, 0.2) is 0 Å². The van der Waals surface area contributed by atoms with Crippen LogP contribution in [0.1, 0.15) is 0 Å². The van der Waals surface area contributed by atoms with E-state index in [0.717, 1.165) is 0 Å². The molecule has 0 bridgehead atoms. The maximum absolute atomic E-state index is 0. The van der Waals surface area contributed by atoms with E-state index in [1.54, 1.807) is 0 Å². The molecule has 5 radical (unpaired) electrons. The van der Waals surface area contributed by atoms with Crippen LogP contribution in [-0.2, 0) is 17.1 Å². The van der Waals surface area contributed by atoms with Crippen LogP contribution in [0.25, 0.3) is 0 Å². The summed E-state index contributed by atoms with van der Waals surface area (Å²) in [6.45, 7) is 0.